The molecule has 3 heterocycles. The fourth-order valence-corrected chi connectivity index (χ4v) is 3.79. The lowest BCUT2D eigenvalue weighted by atomic mass is 10.00. The van der Waals surface area contributed by atoms with Crippen LogP contribution in [0.15, 0.2) is 16.7 Å². The van der Waals surface area contributed by atoms with Crippen molar-refractivity contribution in [3.8, 4) is 0 Å². The number of nitrogens with one attached hydrogen (secondary N) is 1. The van der Waals surface area contributed by atoms with E-state index in [9.17, 15) is 9.90 Å². The number of carbonyl (C=O) groups excluding carboxylic acids is 1. The Kier molecular flexibility index (Phi) is 7.77. The minimum Gasteiger partial charge on any atom is -0.443 e. The summed E-state index contributed by atoms with van der Waals surface area (Å²) < 4.78 is 13.6. The van der Waals surface area contributed by atoms with Crippen LogP contribution in [0.3, 0.4) is 0 Å². The number of anilines is 2. The van der Waals surface area contributed by atoms with Gasteiger partial charge in [-0.1, -0.05) is 6.92 Å². The van der Waals surface area contributed by atoms with Crippen LogP contribution in [0, 0.1) is 5.92 Å². The molecule has 1 amide bonds. The maximum Gasteiger partial charge on any atom is 0.416 e. The normalized spacial score (nSPS) is 16.3. The Morgan fingerprint density at radius 3 is 2.77 bits per heavy atom. The lowest BCUT2D eigenvalue weighted by Crippen LogP contribution is -2.42. The van der Waals surface area contributed by atoms with Crippen LogP contribution < -0.4 is 10.2 Å². The minimum absolute atomic E-state index is 0.0169. The highest BCUT2D eigenvalue weighted by atomic mass is 79.9. The highest BCUT2D eigenvalue weighted by Crippen LogP contribution is 2.28. The van der Waals surface area contributed by atoms with Gasteiger partial charge in [0.1, 0.15) is 17.2 Å². The molecule has 1 aliphatic rings. The zero-order valence-electron chi connectivity index (χ0n) is 18.6. The molecule has 0 bridgehead atoms. The number of aliphatic hydroxyl groups excluding tert-OH is 1. The molecule has 0 unspecified atom stereocenters. The van der Waals surface area contributed by atoms with Crippen LogP contribution >= 0.6 is 15.9 Å². The van der Waals surface area contributed by atoms with Gasteiger partial charge < -0.3 is 19.9 Å². The summed E-state index contributed by atoms with van der Waals surface area (Å²) in [5.41, 5.74) is -0.0547. The van der Waals surface area contributed by atoms with Crippen LogP contribution in [-0.2, 0) is 9.47 Å². The fraction of sp³-hybridized carbons (Fsp3) is 0.667. The van der Waals surface area contributed by atoms with Crippen molar-refractivity contribution >= 4 is 39.3 Å². The van der Waals surface area contributed by atoms with Gasteiger partial charge in [0, 0.05) is 25.8 Å². The van der Waals surface area contributed by atoms with Gasteiger partial charge in [0.05, 0.1) is 23.3 Å². The number of carbonyl (C=O) groups is 1. The fourth-order valence-electron chi connectivity index (χ4n) is 3.44. The number of aliphatic hydroxyl groups is 1. The molecular weight excluding hydrogens is 466 g/mol. The molecule has 3 rings (SSSR count). The Morgan fingerprint density at radius 1 is 1.45 bits per heavy atom. The topological polar surface area (TPSA) is 101 Å². The van der Waals surface area contributed by atoms with E-state index in [1.807, 2.05) is 27.7 Å². The van der Waals surface area contributed by atoms with E-state index in [2.05, 4.69) is 31.3 Å². The lowest BCUT2D eigenvalue weighted by molar-refractivity contribution is 0.0512. The standard InChI is InChI=1S/C21H32BrN5O4/c1-5-15(13-28)24-17-10-18(27-19(25-17)16(22)11-23-27)26(20(29)31-21(2,3)4)12-14-6-8-30-9-7-14/h10-11,14-15,28H,5-9,12-13H2,1-4H3,(H,24,25)/t15-/m0/s1. The third kappa shape index (κ3) is 6.08. The summed E-state index contributed by atoms with van der Waals surface area (Å²) in [4.78, 5) is 19.5. The maximum absolute atomic E-state index is 13.3. The van der Waals surface area contributed by atoms with Crippen LogP contribution in [0.4, 0.5) is 16.4 Å². The Bertz CT molecular complexity index is 888. The predicted molar refractivity (Wildman–Crippen MR) is 123 cm³/mol. The van der Waals surface area contributed by atoms with E-state index < -0.39 is 11.7 Å². The Labute approximate surface area is 191 Å². The quantitative estimate of drug-likeness (QED) is 0.598. The van der Waals surface area contributed by atoms with Crippen molar-refractivity contribution in [2.75, 3.05) is 36.6 Å². The number of amides is 1. The van der Waals surface area contributed by atoms with Crippen molar-refractivity contribution in [1.29, 1.82) is 0 Å². The third-order valence-corrected chi connectivity index (χ3v) is 5.71. The minimum atomic E-state index is -0.632. The van der Waals surface area contributed by atoms with Gasteiger partial charge in [0.25, 0.3) is 0 Å². The first-order valence-corrected chi connectivity index (χ1v) is 11.5. The Morgan fingerprint density at radius 2 is 2.16 bits per heavy atom. The molecule has 0 saturated carbocycles. The van der Waals surface area contributed by atoms with Crippen LogP contribution in [-0.4, -0.2) is 63.8 Å². The van der Waals surface area contributed by atoms with Gasteiger partial charge in [0.2, 0.25) is 0 Å². The largest absolute Gasteiger partial charge is 0.443 e. The highest BCUT2D eigenvalue weighted by Gasteiger charge is 2.29. The van der Waals surface area contributed by atoms with Crippen LogP contribution in [0.2, 0.25) is 0 Å². The Hall–Kier alpha value is -1.91. The third-order valence-electron chi connectivity index (χ3n) is 5.15. The average molecular weight is 498 g/mol. The van der Waals surface area contributed by atoms with E-state index >= 15 is 0 Å². The first-order chi connectivity index (χ1) is 14.7. The first kappa shape index (κ1) is 23.7. The molecule has 2 N–H and O–H groups in total. The summed E-state index contributed by atoms with van der Waals surface area (Å²) >= 11 is 3.49. The number of hydrogen-bond donors (Lipinski definition) is 2. The van der Waals surface area contributed by atoms with E-state index in [1.54, 1.807) is 21.7 Å². The molecule has 1 atom stereocenters. The van der Waals surface area contributed by atoms with Crippen LogP contribution in [0.1, 0.15) is 47.0 Å². The summed E-state index contributed by atoms with van der Waals surface area (Å²) in [5.74, 6) is 1.41. The molecule has 9 nitrogen and oxygen atoms in total. The van der Waals surface area contributed by atoms with Crippen molar-refractivity contribution in [3.05, 3.63) is 16.7 Å². The van der Waals surface area contributed by atoms with Crippen molar-refractivity contribution in [2.45, 2.75) is 58.6 Å². The number of ether oxygens (including phenoxy) is 2. The summed E-state index contributed by atoms with van der Waals surface area (Å²) in [6.45, 7) is 9.39. The number of fused-ring (bicyclic) bond motifs is 1. The second-order valence-electron chi connectivity index (χ2n) is 8.81. The predicted octanol–water partition coefficient (Wildman–Crippen LogP) is 3.84. The molecule has 1 fully saturated rings. The van der Waals surface area contributed by atoms with Gasteiger partial charge in [-0.3, -0.25) is 4.90 Å². The number of aromatic nitrogens is 3. The van der Waals surface area contributed by atoms with Crippen molar-refractivity contribution < 1.29 is 19.4 Å². The zero-order chi connectivity index (χ0) is 22.6. The molecule has 2 aromatic rings. The monoisotopic (exact) mass is 497 g/mol. The number of nitrogens with zero attached hydrogens (tertiary/aromatic N) is 4. The van der Waals surface area contributed by atoms with Crippen LogP contribution in [0.25, 0.3) is 5.65 Å². The van der Waals surface area contributed by atoms with Crippen molar-refractivity contribution in [1.82, 2.24) is 14.6 Å². The summed E-state index contributed by atoms with van der Waals surface area (Å²) in [7, 11) is 0. The SMILES string of the molecule is CC[C@@H](CO)Nc1cc(N(CC2CCOCC2)C(=O)OC(C)(C)C)n2ncc(Br)c2n1. The molecule has 31 heavy (non-hydrogen) atoms. The Balaban J connectivity index is 2.04. The van der Waals surface area contributed by atoms with E-state index in [0.717, 1.165) is 19.3 Å². The zero-order valence-corrected chi connectivity index (χ0v) is 20.2. The molecule has 1 aliphatic heterocycles. The molecule has 1 saturated heterocycles. The van der Waals surface area contributed by atoms with E-state index in [1.165, 1.54) is 0 Å². The first-order valence-electron chi connectivity index (χ1n) is 10.7. The van der Waals surface area contributed by atoms with Gasteiger partial charge >= 0.3 is 6.09 Å². The molecule has 172 valence electrons. The van der Waals surface area contributed by atoms with Crippen molar-refractivity contribution in [3.63, 3.8) is 0 Å². The molecule has 10 heteroatoms. The molecule has 0 aromatic carbocycles. The smallest absolute Gasteiger partial charge is 0.416 e. The highest BCUT2D eigenvalue weighted by molar-refractivity contribution is 9.10. The van der Waals surface area contributed by atoms with E-state index in [0.29, 0.717) is 47.4 Å². The second kappa shape index (κ2) is 10.1. The van der Waals surface area contributed by atoms with E-state index in [-0.39, 0.29) is 12.6 Å². The molecular formula is C21H32BrN5O4. The second-order valence-corrected chi connectivity index (χ2v) is 9.66. The molecule has 0 aliphatic carbocycles. The lowest BCUT2D eigenvalue weighted by Gasteiger charge is -2.32. The van der Waals surface area contributed by atoms with Gasteiger partial charge in [-0.2, -0.15) is 9.61 Å². The summed E-state index contributed by atoms with van der Waals surface area (Å²) in [6.07, 6.45) is 3.71. The van der Waals surface area contributed by atoms with Gasteiger partial charge in [-0.15, -0.1) is 0 Å². The number of rotatable bonds is 7. The molecule has 2 aromatic heterocycles. The van der Waals surface area contributed by atoms with E-state index in [4.69, 9.17) is 9.47 Å². The number of hydrogen-bond acceptors (Lipinski definition) is 7. The average Bonchev–Trinajstić information content (AvgIpc) is 3.10. The summed E-state index contributed by atoms with van der Waals surface area (Å²) in [6, 6.07) is 1.64. The maximum atomic E-state index is 13.3. The van der Waals surface area contributed by atoms with Crippen molar-refractivity contribution in [2.24, 2.45) is 5.92 Å². The van der Waals surface area contributed by atoms with Crippen LogP contribution in [0.5, 0.6) is 0 Å². The van der Waals surface area contributed by atoms with Gasteiger partial charge in [0.15, 0.2) is 5.65 Å². The van der Waals surface area contributed by atoms with Gasteiger partial charge in [-0.25, -0.2) is 9.78 Å². The van der Waals surface area contributed by atoms with Gasteiger partial charge in [-0.05, 0) is 61.9 Å². The molecule has 0 radical (unpaired) electrons. The molecule has 0 spiro atoms. The number of halogens is 1. The summed E-state index contributed by atoms with van der Waals surface area (Å²) in [5, 5.41) is 17.3.